The zero-order valence-corrected chi connectivity index (χ0v) is 33.4. The predicted molar refractivity (Wildman–Crippen MR) is 213 cm³/mol. The number of halogens is 2. The Morgan fingerprint density at radius 3 is 2.26 bits per heavy atom. The summed E-state index contributed by atoms with van der Waals surface area (Å²) in [4.78, 5) is 57.1. The van der Waals surface area contributed by atoms with Crippen LogP contribution in [-0.4, -0.2) is 70.2 Å². The van der Waals surface area contributed by atoms with Crippen LogP contribution in [0.5, 0.6) is 0 Å². The SMILES string of the molecule is C=CC(=O)N1CCN(C(=C)c2cc(F)c(-c3c(F)cccc3N(C)C(=O)C(C)CC)nc2N(C(=O)C(C)CC)c2c(CCC)ccnc2C(C)C)C(C)C1. The minimum absolute atomic E-state index is 0.0795. The highest BCUT2D eigenvalue weighted by molar-refractivity contribution is 6.05. The van der Waals surface area contributed by atoms with Gasteiger partial charge in [0.1, 0.15) is 17.3 Å². The second kappa shape index (κ2) is 17.9. The third-order valence-corrected chi connectivity index (χ3v) is 10.5. The van der Waals surface area contributed by atoms with Crippen molar-refractivity contribution in [1.29, 1.82) is 0 Å². The summed E-state index contributed by atoms with van der Waals surface area (Å²) >= 11 is 0. The van der Waals surface area contributed by atoms with Crippen LogP contribution >= 0.6 is 0 Å². The number of aromatic nitrogens is 2. The van der Waals surface area contributed by atoms with Gasteiger partial charge in [-0.15, -0.1) is 0 Å². The summed E-state index contributed by atoms with van der Waals surface area (Å²) in [6.45, 7) is 24.6. The molecule has 11 heteroatoms. The van der Waals surface area contributed by atoms with Crippen LogP contribution in [0, 0.1) is 23.5 Å². The minimum Gasteiger partial charge on any atom is -0.365 e. The molecule has 54 heavy (non-hydrogen) atoms. The lowest BCUT2D eigenvalue weighted by molar-refractivity contribution is -0.128. The summed E-state index contributed by atoms with van der Waals surface area (Å²) in [5.41, 5.74) is 2.34. The van der Waals surface area contributed by atoms with E-state index in [0.29, 0.717) is 56.0 Å². The number of piperazine rings is 1. The van der Waals surface area contributed by atoms with Crippen molar-refractivity contribution in [3.63, 3.8) is 0 Å². The molecule has 9 nitrogen and oxygen atoms in total. The molecular formula is C43H56F2N6O3. The van der Waals surface area contributed by atoms with Crippen molar-refractivity contribution in [2.75, 3.05) is 36.5 Å². The van der Waals surface area contributed by atoms with Gasteiger partial charge in [-0.3, -0.25) is 24.3 Å². The van der Waals surface area contributed by atoms with E-state index in [1.54, 1.807) is 36.0 Å². The molecule has 0 spiro atoms. The smallest absolute Gasteiger partial charge is 0.246 e. The second-order valence-electron chi connectivity index (χ2n) is 14.6. The van der Waals surface area contributed by atoms with E-state index in [9.17, 15) is 14.4 Å². The van der Waals surface area contributed by atoms with Gasteiger partial charge in [0, 0.05) is 62.0 Å². The van der Waals surface area contributed by atoms with Gasteiger partial charge in [0.05, 0.1) is 22.6 Å². The van der Waals surface area contributed by atoms with Gasteiger partial charge in [0.2, 0.25) is 17.7 Å². The Morgan fingerprint density at radius 2 is 1.67 bits per heavy atom. The Balaban J connectivity index is 2.12. The van der Waals surface area contributed by atoms with Gasteiger partial charge in [0.15, 0.2) is 5.82 Å². The van der Waals surface area contributed by atoms with E-state index >= 15 is 8.78 Å². The van der Waals surface area contributed by atoms with Crippen LogP contribution in [0.2, 0.25) is 0 Å². The Kier molecular flexibility index (Phi) is 13.9. The molecule has 1 aliphatic heterocycles. The quantitative estimate of drug-likeness (QED) is 0.153. The molecular weight excluding hydrogens is 687 g/mol. The monoisotopic (exact) mass is 742 g/mol. The highest BCUT2D eigenvalue weighted by Crippen LogP contribution is 2.43. The van der Waals surface area contributed by atoms with Gasteiger partial charge in [0.25, 0.3) is 0 Å². The van der Waals surface area contributed by atoms with Gasteiger partial charge in [-0.05, 0) is 68.0 Å². The fourth-order valence-electron chi connectivity index (χ4n) is 6.91. The average molecular weight is 743 g/mol. The zero-order valence-electron chi connectivity index (χ0n) is 33.4. The number of nitrogens with zero attached hydrogens (tertiary/aromatic N) is 6. The molecule has 3 heterocycles. The van der Waals surface area contributed by atoms with Crippen LogP contribution in [0.4, 0.5) is 26.0 Å². The molecule has 1 aromatic carbocycles. The van der Waals surface area contributed by atoms with Crippen LogP contribution in [-0.2, 0) is 20.8 Å². The van der Waals surface area contributed by atoms with Gasteiger partial charge >= 0.3 is 0 Å². The molecule has 3 unspecified atom stereocenters. The summed E-state index contributed by atoms with van der Waals surface area (Å²) in [6, 6.07) is 7.17. The summed E-state index contributed by atoms with van der Waals surface area (Å²) in [5.74, 6) is -3.22. The highest BCUT2D eigenvalue weighted by Gasteiger charge is 2.36. The molecule has 1 saturated heterocycles. The first-order chi connectivity index (χ1) is 25.6. The van der Waals surface area contributed by atoms with Crippen LogP contribution in [0.3, 0.4) is 0 Å². The number of hydrogen-bond donors (Lipinski definition) is 0. The van der Waals surface area contributed by atoms with Gasteiger partial charge in [-0.2, -0.15) is 0 Å². The van der Waals surface area contributed by atoms with Crippen LogP contribution < -0.4 is 9.80 Å². The van der Waals surface area contributed by atoms with E-state index in [1.807, 2.05) is 52.5 Å². The van der Waals surface area contributed by atoms with Crippen LogP contribution in [0.25, 0.3) is 17.0 Å². The number of aryl methyl sites for hydroxylation is 1. The van der Waals surface area contributed by atoms with Crippen molar-refractivity contribution < 1.29 is 23.2 Å². The number of pyridine rings is 2. The number of carbonyl (C=O) groups excluding carboxylic acids is 3. The molecule has 2 aromatic heterocycles. The van der Waals surface area contributed by atoms with Crippen molar-refractivity contribution in [3.8, 4) is 11.3 Å². The van der Waals surface area contributed by atoms with E-state index < -0.39 is 17.6 Å². The third kappa shape index (κ3) is 8.40. The first-order valence-corrected chi connectivity index (χ1v) is 19.1. The van der Waals surface area contributed by atoms with Crippen LogP contribution in [0.1, 0.15) is 97.4 Å². The first kappa shape index (κ1) is 41.8. The fourth-order valence-corrected chi connectivity index (χ4v) is 6.91. The third-order valence-electron chi connectivity index (χ3n) is 10.5. The standard InChI is InChI=1S/C43H56F2N6O3/c1-12-17-31-20-21-46-38(26(5)6)40(31)51(43(54)28(8)14-3)41-32(30(10)50-23-22-49(25-29(50)9)36(52)15-4)24-34(45)39(47-41)37-33(44)18-16-19-35(37)48(11)42(53)27(7)13-2/h15-16,18-21,24,26-29H,4,10,12-14,17,22-23,25H2,1-3,5-9,11H3. The average Bonchev–Trinajstić information content (AvgIpc) is 3.16. The van der Waals surface area contributed by atoms with Crippen molar-refractivity contribution in [1.82, 2.24) is 19.8 Å². The molecule has 4 rings (SSSR count). The second-order valence-corrected chi connectivity index (χ2v) is 14.6. The van der Waals surface area contributed by atoms with Gasteiger partial charge in [-0.25, -0.2) is 13.8 Å². The lowest BCUT2D eigenvalue weighted by Crippen LogP contribution is -2.52. The maximum Gasteiger partial charge on any atom is 0.246 e. The Labute approximate surface area is 319 Å². The molecule has 3 atom stereocenters. The predicted octanol–water partition coefficient (Wildman–Crippen LogP) is 8.91. The van der Waals surface area contributed by atoms with Crippen molar-refractivity contribution >= 4 is 40.6 Å². The topological polar surface area (TPSA) is 90.0 Å². The maximum atomic E-state index is 16.9. The minimum atomic E-state index is -0.848. The fraction of sp³-hybridized carbons (Fsp3) is 0.465. The Hall–Kier alpha value is -4.93. The number of rotatable bonds is 14. The molecule has 1 aliphatic rings. The van der Waals surface area contributed by atoms with E-state index in [1.165, 1.54) is 29.2 Å². The zero-order chi connectivity index (χ0) is 40.0. The molecule has 0 aliphatic carbocycles. The van der Waals surface area contributed by atoms with Gasteiger partial charge < -0.3 is 14.7 Å². The number of anilines is 3. The first-order valence-electron chi connectivity index (χ1n) is 19.1. The van der Waals surface area contributed by atoms with Gasteiger partial charge in [-0.1, -0.05) is 74.1 Å². The maximum absolute atomic E-state index is 16.9. The number of benzene rings is 1. The summed E-state index contributed by atoms with van der Waals surface area (Å²) in [6.07, 6.45) is 5.50. The van der Waals surface area contributed by atoms with E-state index in [0.717, 1.165) is 12.0 Å². The number of hydrogen-bond acceptors (Lipinski definition) is 6. The molecule has 3 amide bonds. The number of carbonyl (C=O) groups is 3. The molecule has 0 radical (unpaired) electrons. The normalized spacial score (nSPS) is 15.5. The van der Waals surface area contributed by atoms with Crippen molar-refractivity contribution in [2.24, 2.45) is 11.8 Å². The van der Waals surface area contributed by atoms with E-state index in [2.05, 4.69) is 20.1 Å². The molecule has 0 N–H and O–H groups in total. The number of amides is 3. The molecule has 1 fully saturated rings. The largest absolute Gasteiger partial charge is 0.365 e. The van der Waals surface area contributed by atoms with E-state index in [-0.39, 0.29) is 63.9 Å². The van der Waals surface area contributed by atoms with Crippen molar-refractivity contribution in [3.05, 3.63) is 84.2 Å². The summed E-state index contributed by atoms with van der Waals surface area (Å²) in [7, 11) is 1.54. The Morgan fingerprint density at radius 1 is 1.00 bits per heavy atom. The highest BCUT2D eigenvalue weighted by atomic mass is 19.1. The summed E-state index contributed by atoms with van der Waals surface area (Å²) < 4.78 is 33.1. The molecule has 290 valence electrons. The van der Waals surface area contributed by atoms with Crippen LogP contribution in [0.15, 0.2) is 55.8 Å². The summed E-state index contributed by atoms with van der Waals surface area (Å²) in [5, 5.41) is 0. The lowest BCUT2D eigenvalue weighted by Gasteiger charge is -2.42. The lowest BCUT2D eigenvalue weighted by atomic mass is 9.97. The van der Waals surface area contributed by atoms with Crippen molar-refractivity contribution in [2.45, 2.75) is 93.0 Å². The molecule has 0 bridgehead atoms. The molecule has 3 aromatic rings. The molecule has 0 saturated carbocycles. The Bertz CT molecular complexity index is 1890. The van der Waals surface area contributed by atoms with E-state index in [4.69, 9.17) is 9.97 Å².